The summed E-state index contributed by atoms with van der Waals surface area (Å²) in [5.41, 5.74) is 2.07. The Balaban J connectivity index is 1.86. The summed E-state index contributed by atoms with van der Waals surface area (Å²) in [6.07, 6.45) is 3.75. The van der Waals surface area contributed by atoms with Gasteiger partial charge in [0.1, 0.15) is 10.7 Å². The molecular weight excluding hydrogens is 363 g/mol. The van der Waals surface area contributed by atoms with Gasteiger partial charge in [-0.05, 0) is 48.3 Å². The minimum absolute atomic E-state index is 0.0588. The third-order valence-corrected chi connectivity index (χ3v) is 6.14. The molecule has 3 nitrogen and oxygen atoms in total. The normalized spacial score (nSPS) is 15.4. The fourth-order valence-corrected chi connectivity index (χ4v) is 4.24. The topological polar surface area (TPSA) is 34.9 Å². The van der Waals surface area contributed by atoms with Gasteiger partial charge in [0.25, 0.3) is 5.56 Å². The highest BCUT2D eigenvalue weighted by Crippen LogP contribution is 2.31. The highest BCUT2D eigenvalue weighted by atomic mass is 35.5. The van der Waals surface area contributed by atoms with Gasteiger partial charge < -0.3 is 0 Å². The van der Waals surface area contributed by atoms with Crippen molar-refractivity contribution < 1.29 is 0 Å². The van der Waals surface area contributed by atoms with E-state index >= 15 is 0 Å². The molecule has 2 aromatic heterocycles. The second-order valence-corrected chi connectivity index (χ2v) is 7.70. The first-order valence-electron chi connectivity index (χ1n) is 7.76. The van der Waals surface area contributed by atoms with Gasteiger partial charge >= 0.3 is 0 Å². The molecule has 24 heavy (non-hydrogen) atoms. The first-order valence-corrected chi connectivity index (χ1v) is 9.33. The molecule has 0 saturated carbocycles. The maximum absolute atomic E-state index is 12.7. The van der Waals surface area contributed by atoms with Gasteiger partial charge in [-0.2, -0.15) is 0 Å². The van der Waals surface area contributed by atoms with Crippen LogP contribution < -0.4 is 5.56 Å². The van der Waals surface area contributed by atoms with Crippen molar-refractivity contribution in [3.8, 4) is 0 Å². The molecule has 0 spiro atoms. The molecule has 0 amide bonds. The number of nitrogens with zero attached hydrogens (tertiary/aromatic N) is 2. The SMILES string of the molecule is CCc1cc2c(=O)n3c(nc2s1)/C(=C/c1ccc(Cl)c(Cl)c1)CC3. The minimum Gasteiger partial charge on any atom is -0.292 e. The molecule has 3 aromatic rings. The maximum atomic E-state index is 12.7. The van der Waals surface area contributed by atoms with Crippen LogP contribution in [0.2, 0.25) is 10.0 Å². The van der Waals surface area contributed by atoms with Crippen molar-refractivity contribution in [2.75, 3.05) is 0 Å². The molecule has 0 atom stereocenters. The van der Waals surface area contributed by atoms with E-state index < -0.39 is 0 Å². The van der Waals surface area contributed by atoms with Gasteiger partial charge in [0, 0.05) is 11.4 Å². The Morgan fingerprint density at radius 2 is 2.12 bits per heavy atom. The van der Waals surface area contributed by atoms with Crippen LogP contribution in [-0.4, -0.2) is 9.55 Å². The number of aromatic nitrogens is 2. The highest BCUT2D eigenvalue weighted by Gasteiger charge is 2.22. The average Bonchev–Trinajstić information content (AvgIpc) is 3.16. The van der Waals surface area contributed by atoms with Crippen molar-refractivity contribution in [3.05, 3.63) is 60.9 Å². The molecule has 3 heterocycles. The Hall–Kier alpha value is -1.62. The van der Waals surface area contributed by atoms with Gasteiger partial charge in [0.05, 0.1) is 15.4 Å². The van der Waals surface area contributed by atoms with E-state index in [0.29, 0.717) is 16.6 Å². The third kappa shape index (κ3) is 2.59. The van der Waals surface area contributed by atoms with Crippen molar-refractivity contribution in [1.29, 1.82) is 0 Å². The molecule has 1 aliphatic rings. The van der Waals surface area contributed by atoms with Crippen LogP contribution in [0.4, 0.5) is 0 Å². The van der Waals surface area contributed by atoms with Gasteiger partial charge in [0.2, 0.25) is 0 Å². The Morgan fingerprint density at radius 3 is 2.88 bits per heavy atom. The summed E-state index contributed by atoms with van der Waals surface area (Å²) >= 11 is 13.7. The maximum Gasteiger partial charge on any atom is 0.262 e. The van der Waals surface area contributed by atoms with Gasteiger partial charge in [-0.15, -0.1) is 11.3 Å². The number of thiophene rings is 1. The van der Waals surface area contributed by atoms with Gasteiger partial charge in [-0.1, -0.05) is 36.2 Å². The van der Waals surface area contributed by atoms with Crippen LogP contribution in [0.15, 0.2) is 29.1 Å². The molecule has 0 bridgehead atoms. The van der Waals surface area contributed by atoms with Crippen LogP contribution >= 0.6 is 34.5 Å². The summed E-state index contributed by atoms with van der Waals surface area (Å²) in [5, 5.41) is 1.79. The van der Waals surface area contributed by atoms with E-state index in [9.17, 15) is 4.79 Å². The lowest BCUT2D eigenvalue weighted by molar-refractivity contribution is 0.726. The molecule has 0 saturated heterocycles. The number of hydrogen-bond acceptors (Lipinski definition) is 3. The van der Waals surface area contributed by atoms with E-state index in [1.165, 1.54) is 4.88 Å². The molecule has 122 valence electrons. The third-order valence-electron chi connectivity index (χ3n) is 4.23. The standard InChI is InChI=1S/C18H14Cl2N2OS/c1-2-12-9-13-17(24-12)21-16-11(5-6-22(16)18(13)23)7-10-3-4-14(19)15(20)8-10/h3-4,7-9H,2,5-6H2,1H3/b11-7+. The molecule has 1 aromatic carbocycles. The van der Waals surface area contributed by atoms with Gasteiger partial charge in [-0.25, -0.2) is 4.98 Å². The number of aryl methyl sites for hydroxylation is 1. The molecule has 0 N–H and O–H groups in total. The molecule has 0 unspecified atom stereocenters. The Kier molecular flexibility index (Phi) is 3.99. The number of benzene rings is 1. The number of rotatable bonds is 2. The van der Waals surface area contributed by atoms with Crippen LogP contribution in [0.5, 0.6) is 0 Å². The molecule has 6 heteroatoms. The van der Waals surface area contributed by atoms with Crippen LogP contribution in [0.25, 0.3) is 21.9 Å². The molecule has 4 rings (SSSR count). The summed E-state index contributed by atoms with van der Waals surface area (Å²) < 4.78 is 1.78. The van der Waals surface area contributed by atoms with E-state index in [-0.39, 0.29) is 5.56 Å². The zero-order valence-corrected chi connectivity index (χ0v) is 15.3. The Bertz CT molecular complexity index is 1050. The summed E-state index contributed by atoms with van der Waals surface area (Å²) in [7, 11) is 0. The molecule has 0 radical (unpaired) electrons. The highest BCUT2D eigenvalue weighted by molar-refractivity contribution is 7.18. The summed E-state index contributed by atoms with van der Waals surface area (Å²) in [5.74, 6) is 0.767. The molecule has 1 aliphatic heterocycles. The molecule has 0 fully saturated rings. The Morgan fingerprint density at radius 1 is 1.29 bits per heavy atom. The monoisotopic (exact) mass is 376 g/mol. The van der Waals surface area contributed by atoms with Crippen molar-refractivity contribution in [2.45, 2.75) is 26.3 Å². The lowest BCUT2D eigenvalue weighted by Gasteiger charge is -2.03. The van der Waals surface area contributed by atoms with Crippen LogP contribution in [0.1, 0.15) is 29.6 Å². The smallest absolute Gasteiger partial charge is 0.262 e. The second-order valence-electron chi connectivity index (χ2n) is 5.77. The summed E-state index contributed by atoms with van der Waals surface area (Å²) in [6.45, 7) is 2.76. The number of allylic oxidation sites excluding steroid dienone is 1. The largest absolute Gasteiger partial charge is 0.292 e. The van der Waals surface area contributed by atoms with Gasteiger partial charge in [0.15, 0.2) is 0 Å². The van der Waals surface area contributed by atoms with Crippen molar-refractivity contribution in [3.63, 3.8) is 0 Å². The molecule has 0 aliphatic carbocycles. The lowest BCUT2D eigenvalue weighted by Crippen LogP contribution is -2.19. The van der Waals surface area contributed by atoms with E-state index in [0.717, 1.165) is 40.0 Å². The number of fused-ring (bicyclic) bond motifs is 2. The van der Waals surface area contributed by atoms with Gasteiger partial charge in [-0.3, -0.25) is 9.36 Å². The fraction of sp³-hybridized carbons (Fsp3) is 0.222. The van der Waals surface area contributed by atoms with Crippen LogP contribution in [0, 0.1) is 0 Å². The van der Waals surface area contributed by atoms with Crippen molar-refractivity contribution in [1.82, 2.24) is 9.55 Å². The van der Waals surface area contributed by atoms with Crippen molar-refractivity contribution in [2.24, 2.45) is 0 Å². The van der Waals surface area contributed by atoms with Crippen molar-refractivity contribution >= 4 is 56.4 Å². The van der Waals surface area contributed by atoms with E-state index in [1.807, 2.05) is 24.3 Å². The predicted octanol–water partition coefficient (Wildman–Crippen LogP) is 5.27. The first-order chi connectivity index (χ1) is 11.6. The van der Waals surface area contributed by atoms with Crippen LogP contribution in [-0.2, 0) is 13.0 Å². The summed E-state index contributed by atoms with van der Waals surface area (Å²) in [6, 6.07) is 7.50. The summed E-state index contributed by atoms with van der Waals surface area (Å²) in [4.78, 5) is 19.5. The quantitative estimate of drug-likeness (QED) is 0.610. The molecular formula is C18H14Cl2N2OS. The van der Waals surface area contributed by atoms with E-state index in [1.54, 1.807) is 22.0 Å². The second kappa shape index (κ2) is 6.03. The lowest BCUT2D eigenvalue weighted by atomic mass is 10.1. The van der Waals surface area contributed by atoms with E-state index in [2.05, 4.69) is 6.92 Å². The zero-order chi connectivity index (χ0) is 16.8. The Labute approximate surface area is 153 Å². The van der Waals surface area contributed by atoms with E-state index in [4.69, 9.17) is 28.2 Å². The fourth-order valence-electron chi connectivity index (χ4n) is 2.98. The van der Waals surface area contributed by atoms with Crippen LogP contribution in [0.3, 0.4) is 0 Å². The predicted molar refractivity (Wildman–Crippen MR) is 102 cm³/mol. The number of halogens is 2. The minimum atomic E-state index is 0.0588. The average molecular weight is 377 g/mol. The number of hydrogen-bond donors (Lipinski definition) is 0. The zero-order valence-electron chi connectivity index (χ0n) is 13.0. The first kappa shape index (κ1) is 15.9.